The van der Waals surface area contributed by atoms with Crippen molar-refractivity contribution in [1.82, 2.24) is 5.32 Å². The van der Waals surface area contributed by atoms with Crippen LogP contribution in [0.5, 0.6) is 0 Å². The second-order valence-electron chi connectivity index (χ2n) is 1.17. The highest BCUT2D eigenvalue weighted by atomic mass is 35.5. The van der Waals surface area contributed by atoms with Crippen molar-refractivity contribution >= 4 is 24.0 Å². The molecule has 0 unspecified atom stereocenters. The summed E-state index contributed by atoms with van der Waals surface area (Å²) < 4.78 is 0. The smallest absolute Gasteiger partial charge is 0.0146 e. The van der Waals surface area contributed by atoms with E-state index in [1.54, 1.807) is 0 Å². The van der Waals surface area contributed by atoms with Gasteiger partial charge >= 0.3 is 0 Å². The van der Waals surface area contributed by atoms with Gasteiger partial charge < -0.3 is 5.32 Å². The lowest BCUT2D eigenvalue weighted by atomic mass is 10.6. The molecular weight excluding hydrogens is 145 g/mol. The molecule has 0 aromatic carbocycles. The van der Waals surface area contributed by atoms with Crippen molar-refractivity contribution < 1.29 is 0 Å². The summed E-state index contributed by atoms with van der Waals surface area (Å²) in [4.78, 5) is 0. The Morgan fingerprint density at radius 1 is 1.62 bits per heavy atom. The summed E-state index contributed by atoms with van der Waals surface area (Å²) in [5, 5.41) is 3.08. The van der Waals surface area contributed by atoms with Crippen LogP contribution in [0.2, 0.25) is 0 Å². The summed E-state index contributed by atoms with van der Waals surface area (Å²) in [6, 6.07) is 0. The van der Waals surface area contributed by atoms with Crippen LogP contribution in [0.4, 0.5) is 0 Å². The molecule has 1 nitrogen and oxygen atoms in total. The Kier molecular flexibility index (Phi) is 14.3. The number of halogens is 2. The molecule has 0 heterocycles. The maximum absolute atomic E-state index is 5.22. The zero-order chi connectivity index (χ0) is 5.54. The molecule has 8 heavy (non-hydrogen) atoms. The Morgan fingerprint density at radius 2 is 2.25 bits per heavy atom. The van der Waals surface area contributed by atoms with Crippen LogP contribution in [0, 0.1) is 0 Å². The van der Waals surface area contributed by atoms with Crippen LogP contribution < -0.4 is 5.32 Å². The summed E-state index contributed by atoms with van der Waals surface area (Å²) >= 11 is 5.22. The minimum Gasteiger partial charge on any atom is -0.314 e. The number of nitrogens with one attached hydrogen (secondary N) is 1. The molecule has 0 aromatic heterocycles. The third-order valence-electron chi connectivity index (χ3n) is 0.601. The van der Waals surface area contributed by atoms with E-state index >= 15 is 0 Å². The number of rotatable bonds is 3. The Hall–Kier alpha value is 0.280. The molecule has 0 amide bonds. The molecule has 0 saturated carbocycles. The van der Waals surface area contributed by atoms with E-state index in [1.165, 1.54) is 5.54 Å². The topological polar surface area (TPSA) is 12.0 Å². The average Bonchev–Trinajstić information content (AvgIpc) is 1.69. The first-order valence-electron chi connectivity index (χ1n) is 2.37. The van der Waals surface area contributed by atoms with E-state index in [4.69, 9.17) is 11.6 Å². The van der Waals surface area contributed by atoms with Gasteiger partial charge in [-0.1, -0.05) is 24.6 Å². The van der Waals surface area contributed by atoms with Gasteiger partial charge in [0.1, 0.15) is 0 Å². The minimum atomic E-state index is 0. The van der Waals surface area contributed by atoms with E-state index in [9.17, 15) is 0 Å². The second-order valence-corrected chi connectivity index (χ2v) is 1.42. The molecule has 0 aliphatic carbocycles. The van der Waals surface area contributed by atoms with Crippen molar-refractivity contribution in [2.24, 2.45) is 0 Å². The predicted octanol–water partition coefficient (Wildman–Crippen LogP) is 1.77. The van der Waals surface area contributed by atoms with Gasteiger partial charge in [-0.3, -0.25) is 0 Å². The van der Waals surface area contributed by atoms with E-state index in [2.05, 4.69) is 12.2 Å². The van der Waals surface area contributed by atoms with Gasteiger partial charge in [-0.2, -0.15) is 0 Å². The molecule has 0 radical (unpaired) electrons. The largest absolute Gasteiger partial charge is 0.314 e. The first-order valence-corrected chi connectivity index (χ1v) is 2.81. The molecule has 3 heteroatoms. The Labute approximate surface area is 61.5 Å². The maximum atomic E-state index is 5.22. The minimum absolute atomic E-state index is 0. The van der Waals surface area contributed by atoms with Crippen LogP contribution in [0.15, 0.2) is 11.6 Å². The average molecular weight is 156 g/mol. The summed E-state index contributed by atoms with van der Waals surface area (Å²) in [6.07, 6.45) is 1.87. The molecule has 0 aromatic rings. The van der Waals surface area contributed by atoms with Crippen LogP contribution in [0.25, 0.3) is 0 Å². The maximum Gasteiger partial charge on any atom is 0.0146 e. The first-order chi connectivity index (χ1) is 3.41. The van der Waals surface area contributed by atoms with E-state index in [1.807, 2.05) is 6.08 Å². The fourth-order valence-electron chi connectivity index (χ4n) is 0.272. The van der Waals surface area contributed by atoms with Gasteiger partial charge in [0, 0.05) is 12.1 Å². The van der Waals surface area contributed by atoms with Gasteiger partial charge in [0.2, 0.25) is 0 Å². The van der Waals surface area contributed by atoms with Crippen molar-refractivity contribution in [3.63, 3.8) is 0 Å². The zero-order valence-corrected chi connectivity index (χ0v) is 6.43. The number of hydrogen-bond donors (Lipinski definition) is 1. The Balaban J connectivity index is 0. The van der Waals surface area contributed by atoms with E-state index in [0.717, 1.165) is 13.1 Å². The van der Waals surface area contributed by atoms with Crippen LogP contribution in [0.1, 0.15) is 6.92 Å². The summed E-state index contributed by atoms with van der Waals surface area (Å²) in [7, 11) is 0. The van der Waals surface area contributed by atoms with Crippen LogP contribution >= 0.6 is 24.0 Å². The zero-order valence-electron chi connectivity index (χ0n) is 4.86. The molecular formula is C5H11Cl2N. The molecule has 0 rings (SSSR count). The van der Waals surface area contributed by atoms with Crippen molar-refractivity contribution in [2.45, 2.75) is 6.92 Å². The summed E-state index contributed by atoms with van der Waals surface area (Å²) in [5.74, 6) is 0. The summed E-state index contributed by atoms with van der Waals surface area (Å²) in [5.41, 5.74) is 1.52. The molecule has 0 atom stereocenters. The van der Waals surface area contributed by atoms with Crippen molar-refractivity contribution in [3.8, 4) is 0 Å². The lowest BCUT2D eigenvalue weighted by Gasteiger charge is -1.89. The van der Waals surface area contributed by atoms with Gasteiger partial charge in [0.15, 0.2) is 0 Å². The lowest BCUT2D eigenvalue weighted by Crippen LogP contribution is -2.11. The van der Waals surface area contributed by atoms with Gasteiger partial charge in [-0.05, 0) is 6.54 Å². The molecule has 1 N–H and O–H groups in total. The standard InChI is InChI=1S/C5H10ClN.ClH/c1-2-7-5-3-4-6;/h3-4,7H,2,5H2,1H3;1H. The fraction of sp³-hybridized carbons (Fsp3) is 0.600. The first kappa shape index (κ1) is 11.1. The molecule has 0 fully saturated rings. The fourth-order valence-corrected chi connectivity index (χ4v) is 0.361. The summed E-state index contributed by atoms with van der Waals surface area (Å²) in [6.45, 7) is 3.93. The highest BCUT2D eigenvalue weighted by Gasteiger charge is 1.69. The van der Waals surface area contributed by atoms with Gasteiger partial charge in [0.25, 0.3) is 0 Å². The Morgan fingerprint density at radius 3 is 2.62 bits per heavy atom. The van der Waals surface area contributed by atoms with Crippen LogP contribution in [0.3, 0.4) is 0 Å². The SMILES string of the molecule is CCNCC=CCl.Cl. The van der Waals surface area contributed by atoms with Crippen LogP contribution in [-0.2, 0) is 0 Å². The van der Waals surface area contributed by atoms with Crippen molar-refractivity contribution in [3.05, 3.63) is 11.6 Å². The van der Waals surface area contributed by atoms with Crippen LogP contribution in [-0.4, -0.2) is 13.1 Å². The normalized spacial score (nSPS) is 9.25. The van der Waals surface area contributed by atoms with E-state index in [0.29, 0.717) is 0 Å². The van der Waals surface area contributed by atoms with Crippen molar-refractivity contribution in [2.75, 3.05) is 13.1 Å². The molecule has 0 bridgehead atoms. The third-order valence-corrected chi connectivity index (χ3v) is 0.779. The van der Waals surface area contributed by atoms with Gasteiger partial charge in [-0.25, -0.2) is 0 Å². The van der Waals surface area contributed by atoms with Gasteiger partial charge in [0.05, 0.1) is 0 Å². The molecule has 50 valence electrons. The van der Waals surface area contributed by atoms with E-state index in [-0.39, 0.29) is 12.4 Å². The second kappa shape index (κ2) is 10.3. The molecule has 0 aliphatic rings. The van der Waals surface area contributed by atoms with Crippen molar-refractivity contribution in [1.29, 1.82) is 0 Å². The highest BCUT2D eigenvalue weighted by Crippen LogP contribution is 1.73. The number of hydrogen-bond acceptors (Lipinski definition) is 1. The molecule has 0 aliphatic heterocycles. The third kappa shape index (κ3) is 9.56. The predicted molar refractivity (Wildman–Crippen MR) is 40.8 cm³/mol. The number of likely N-dealkylation sites (N-methyl/N-ethyl adjacent to an activating group) is 1. The monoisotopic (exact) mass is 155 g/mol. The van der Waals surface area contributed by atoms with E-state index < -0.39 is 0 Å². The Bertz CT molecular complexity index is 54.4. The molecule has 0 spiro atoms. The van der Waals surface area contributed by atoms with Gasteiger partial charge in [-0.15, -0.1) is 12.4 Å². The molecule has 0 saturated heterocycles. The lowest BCUT2D eigenvalue weighted by molar-refractivity contribution is 0.800. The quantitative estimate of drug-likeness (QED) is 0.614. The highest BCUT2D eigenvalue weighted by molar-refractivity contribution is 6.25.